The maximum Gasteiger partial charge on any atom is 0.275 e. The van der Waals surface area contributed by atoms with Crippen LogP contribution in [0, 0.1) is 18.6 Å². The van der Waals surface area contributed by atoms with Crippen LogP contribution in [-0.4, -0.2) is 25.4 Å². The van der Waals surface area contributed by atoms with E-state index in [-0.39, 0.29) is 5.56 Å². The third kappa shape index (κ3) is 2.55. The van der Waals surface area contributed by atoms with E-state index in [2.05, 4.69) is 31.4 Å². The van der Waals surface area contributed by atoms with Crippen molar-refractivity contribution in [2.75, 3.05) is 0 Å². The minimum atomic E-state index is -0.318. The van der Waals surface area contributed by atoms with E-state index in [0.29, 0.717) is 21.9 Å². The Morgan fingerprint density at radius 1 is 1.10 bits per heavy atom. The summed E-state index contributed by atoms with van der Waals surface area (Å²) in [5, 5.41) is 12.1. The van der Waals surface area contributed by atoms with Crippen LogP contribution in [0.3, 0.4) is 0 Å². The molecule has 0 saturated carbocycles. The molecule has 0 radical (unpaired) electrons. The van der Waals surface area contributed by atoms with Gasteiger partial charge in [0.2, 0.25) is 4.77 Å². The highest BCUT2D eigenvalue weighted by molar-refractivity contribution is 7.71. The summed E-state index contributed by atoms with van der Waals surface area (Å²) in [6, 6.07) is 7.78. The maximum absolute atomic E-state index is 11.9. The molecule has 0 amide bonds. The van der Waals surface area contributed by atoms with E-state index in [4.69, 9.17) is 12.2 Å². The monoisotopic (exact) mass is 299 g/mol. The first-order chi connectivity index (χ1) is 10.0. The molecule has 0 unspecified atom stereocenters. The first-order valence-corrected chi connectivity index (χ1v) is 6.78. The summed E-state index contributed by atoms with van der Waals surface area (Å²) < 4.78 is 0.300. The van der Waals surface area contributed by atoms with Crippen LogP contribution in [-0.2, 0) is 0 Å². The lowest BCUT2D eigenvalue weighted by molar-refractivity contribution is 0.988. The second-order valence-electron chi connectivity index (χ2n) is 4.83. The molecule has 3 N–H and O–H groups in total. The Bertz CT molecular complexity index is 921. The molecule has 106 valence electrons. The number of aryl methyl sites for hydroxylation is 2. The zero-order valence-corrected chi connectivity index (χ0v) is 12.3. The van der Waals surface area contributed by atoms with Crippen LogP contribution in [0.1, 0.15) is 11.1 Å². The minimum absolute atomic E-state index is 0.300. The van der Waals surface area contributed by atoms with Gasteiger partial charge in [0.15, 0.2) is 5.82 Å². The first kappa shape index (κ1) is 13.4. The average Bonchev–Trinajstić information content (AvgIpc) is 2.86. The van der Waals surface area contributed by atoms with Gasteiger partial charge in [-0.3, -0.25) is 15.0 Å². The fourth-order valence-corrected chi connectivity index (χ4v) is 2.36. The van der Waals surface area contributed by atoms with Crippen molar-refractivity contribution in [2.45, 2.75) is 13.8 Å². The standard InChI is InChI=1S/C14H13N5OS/c1-7-3-4-9(8(2)5-7)11-6-10(13(20)18-16-11)12-15-14(21)19-17-12/h3-6H,1-2H3,(H,18,20)(H2,15,17,19,21). The highest BCUT2D eigenvalue weighted by atomic mass is 32.1. The lowest BCUT2D eigenvalue weighted by Gasteiger charge is -2.06. The van der Waals surface area contributed by atoms with Gasteiger partial charge in [0, 0.05) is 5.56 Å². The number of aromatic amines is 3. The topological polar surface area (TPSA) is 90.2 Å². The van der Waals surface area contributed by atoms with E-state index in [1.807, 2.05) is 26.0 Å². The summed E-state index contributed by atoms with van der Waals surface area (Å²) in [6.07, 6.45) is 0. The van der Waals surface area contributed by atoms with E-state index in [1.54, 1.807) is 6.07 Å². The molecule has 21 heavy (non-hydrogen) atoms. The van der Waals surface area contributed by atoms with Gasteiger partial charge in [-0.1, -0.05) is 23.8 Å². The second-order valence-corrected chi connectivity index (χ2v) is 5.22. The molecule has 7 heteroatoms. The van der Waals surface area contributed by atoms with Gasteiger partial charge in [-0.2, -0.15) is 10.1 Å². The fraction of sp³-hybridized carbons (Fsp3) is 0.143. The molecule has 1 aromatic carbocycles. The molecular weight excluding hydrogens is 286 g/mol. The molecule has 0 spiro atoms. The molecule has 0 aliphatic heterocycles. The zero-order valence-electron chi connectivity index (χ0n) is 11.5. The van der Waals surface area contributed by atoms with Crippen molar-refractivity contribution in [3.8, 4) is 22.6 Å². The van der Waals surface area contributed by atoms with Crippen LogP contribution < -0.4 is 5.56 Å². The van der Waals surface area contributed by atoms with Crippen LogP contribution in [0.4, 0.5) is 0 Å². The molecule has 3 rings (SSSR count). The molecule has 6 nitrogen and oxygen atoms in total. The van der Waals surface area contributed by atoms with Crippen LogP contribution >= 0.6 is 12.2 Å². The van der Waals surface area contributed by atoms with Gasteiger partial charge in [0.25, 0.3) is 5.56 Å². The molecule has 0 fully saturated rings. The van der Waals surface area contributed by atoms with Crippen molar-refractivity contribution >= 4 is 12.2 Å². The molecule has 0 aliphatic carbocycles. The summed E-state index contributed by atoms with van der Waals surface area (Å²) in [4.78, 5) is 16.0. The molecule has 0 saturated heterocycles. The summed E-state index contributed by atoms with van der Waals surface area (Å²) >= 11 is 4.91. The second kappa shape index (κ2) is 5.10. The predicted octanol–water partition coefficient (Wildman–Crippen LogP) is 2.50. The Morgan fingerprint density at radius 3 is 2.57 bits per heavy atom. The summed E-state index contributed by atoms with van der Waals surface area (Å²) in [7, 11) is 0. The van der Waals surface area contributed by atoms with Crippen molar-refractivity contribution < 1.29 is 0 Å². The highest BCUT2D eigenvalue weighted by Gasteiger charge is 2.11. The molecule has 2 aromatic heterocycles. The number of hydrogen-bond donors (Lipinski definition) is 3. The fourth-order valence-electron chi connectivity index (χ4n) is 2.22. The number of H-pyrrole nitrogens is 3. The maximum atomic E-state index is 11.9. The Labute approximate surface area is 125 Å². The Hall–Kier alpha value is -2.54. The molecular formula is C14H13N5OS. The Kier molecular flexibility index (Phi) is 3.26. The largest absolute Gasteiger partial charge is 0.281 e. The SMILES string of the molecule is Cc1ccc(-c2cc(-c3nc(=S)[nH][nH]3)c(=O)[nH]n2)c(C)c1. The van der Waals surface area contributed by atoms with E-state index < -0.39 is 0 Å². The highest BCUT2D eigenvalue weighted by Crippen LogP contribution is 2.23. The third-order valence-electron chi connectivity index (χ3n) is 3.22. The summed E-state index contributed by atoms with van der Waals surface area (Å²) in [5.41, 5.74) is 4.00. The molecule has 3 aromatic rings. The zero-order chi connectivity index (χ0) is 15.0. The van der Waals surface area contributed by atoms with Crippen molar-refractivity contribution in [3.05, 3.63) is 50.5 Å². The Morgan fingerprint density at radius 2 is 1.90 bits per heavy atom. The van der Waals surface area contributed by atoms with Crippen LogP contribution in [0.2, 0.25) is 0 Å². The average molecular weight is 299 g/mol. The van der Waals surface area contributed by atoms with E-state index in [1.165, 1.54) is 5.56 Å². The quantitative estimate of drug-likeness (QED) is 0.634. The third-order valence-corrected chi connectivity index (χ3v) is 3.41. The number of benzene rings is 1. The van der Waals surface area contributed by atoms with Gasteiger partial charge in [-0.25, -0.2) is 5.10 Å². The van der Waals surface area contributed by atoms with Gasteiger partial charge in [-0.15, -0.1) is 0 Å². The molecule has 0 atom stereocenters. The van der Waals surface area contributed by atoms with Gasteiger partial charge < -0.3 is 0 Å². The normalized spacial score (nSPS) is 10.8. The van der Waals surface area contributed by atoms with E-state index >= 15 is 0 Å². The lowest BCUT2D eigenvalue weighted by atomic mass is 10.0. The van der Waals surface area contributed by atoms with Gasteiger partial charge in [0.05, 0.1) is 11.3 Å². The number of nitrogens with one attached hydrogen (secondary N) is 3. The molecule has 0 bridgehead atoms. The van der Waals surface area contributed by atoms with Crippen LogP contribution in [0.25, 0.3) is 22.6 Å². The van der Waals surface area contributed by atoms with Gasteiger partial charge >= 0.3 is 0 Å². The summed E-state index contributed by atoms with van der Waals surface area (Å²) in [5.74, 6) is 0.398. The number of aromatic nitrogens is 5. The van der Waals surface area contributed by atoms with Crippen LogP contribution in [0.15, 0.2) is 29.1 Å². The van der Waals surface area contributed by atoms with E-state index in [9.17, 15) is 4.79 Å². The minimum Gasteiger partial charge on any atom is -0.281 e. The predicted molar refractivity (Wildman–Crippen MR) is 82.5 cm³/mol. The smallest absolute Gasteiger partial charge is 0.275 e. The molecule has 0 aliphatic rings. The van der Waals surface area contributed by atoms with Gasteiger partial charge in [0.1, 0.15) is 0 Å². The van der Waals surface area contributed by atoms with Crippen molar-refractivity contribution in [1.29, 1.82) is 0 Å². The number of rotatable bonds is 2. The number of nitrogens with zero attached hydrogens (tertiary/aromatic N) is 2. The van der Waals surface area contributed by atoms with Crippen LogP contribution in [0.5, 0.6) is 0 Å². The van der Waals surface area contributed by atoms with E-state index in [0.717, 1.165) is 11.1 Å². The first-order valence-electron chi connectivity index (χ1n) is 6.37. The molecule has 2 heterocycles. The van der Waals surface area contributed by atoms with Crippen molar-refractivity contribution in [1.82, 2.24) is 25.4 Å². The number of hydrogen-bond acceptors (Lipinski definition) is 4. The van der Waals surface area contributed by atoms with Crippen molar-refractivity contribution in [3.63, 3.8) is 0 Å². The lowest BCUT2D eigenvalue weighted by Crippen LogP contribution is -2.12. The van der Waals surface area contributed by atoms with Gasteiger partial charge in [-0.05, 0) is 37.7 Å². The Balaban J connectivity index is 2.17. The van der Waals surface area contributed by atoms with Crippen molar-refractivity contribution in [2.24, 2.45) is 0 Å². The summed E-state index contributed by atoms with van der Waals surface area (Å²) in [6.45, 7) is 4.04.